The van der Waals surface area contributed by atoms with E-state index in [-0.39, 0.29) is 11.3 Å². The predicted molar refractivity (Wildman–Crippen MR) is 97.7 cm³/mol. The zero-order valence-corrected chi connectivity index (χ0v) is 14.2. The Kier molecular flexibility index (Phi) is 5.52. The Balaban J connectivity index is 2.27. The number of aliphatic imine (C=N–C) groups is 2. The molecular weight excluding hydrogens is 280 g/mol. The van der Waals surface area contributed by atoms with Crippen molar-refractivity contribution in [2.75, 3.05) is 0 Å². The second-order valence-corrected chi connectivity index (χ2v) is 6.46. The van der Waals surface area contributed by atoms with Crippen LogP contribution in [0.5, 0.6) is 0 Å². The minimum atomic E-state index is 0.00123. The third-order valence-corrected chi connectivity index (χ3v) is 3.17. The van der Waals surface area contributed by atoms with Crippen LogP contribution in [0.4, 0.5) is 11.4 Å². The smallest absolute Gasteiger partial charge is 0.100 e. The van der Waals surface area contributed by atoms with Crippen LogP contribution in [0, 0.1) is 17.3 Å². The number of para-hydroxylation sites is 2. The molecule has 0 N–H and O–H groups in total. The lowest BCUT2D eigenvalue weighted by Gasteiger charge is -2.10. The van der Waals surface area contributed by atoms with Crippen molar-refractivity contribution in [3.05, 3.63) is 60.2 Å². The normalized spacial score (nSPS) is 11.7. The largest absolute Gasteiger partial charge is 0.188 e. The standard InChI is InChI=1S/C21H22N2/c1-17(14-15-21(2,3)4)19-12-8-9-13-20(19)23-16-22-18-10-6-5-7-11-18/h5-13,17H,1-4H3. The summed E-state index contributed by atoms with van der Waals surface area (Å²) in [6, 6.07) is 20.5. The molecule has 0 spiro atoms. The highest BCUT2D eigenvalue weighted by Gasteiger charge is 2.09. The average molecular weight is 302 g/mol. The fourth-order valence-corrected chi connectivity index (χ4v) is 2.00. The van der Waals surface area contributed by atoms with Crippen LogP contribution in [0.1, 0.15) is 39.2 Å². The minimum Gasteiger partial charge on any atom is -0.188 e. The summed E-state index contributed by atoms with van der Waals surface area (Å²) < 4.78 is 0. The molecule has 2 rings (SSSR count). The van der Waals surface area contributed by atoms with Gasteiger partial charge in [-0.1, -0.05) is 48.2 Å². The van der Waals surface area contributed by atoms with Gasteiger partial charge in [0, 0.05) is 11.3 Å². The number of rotatable bonds is 3. The topological polar surface area (TPSA) is 24.7 Å². The Morgan fingerprint density at radius 2 is 1.52 bits per heavy atom. The first-order chi connectivity index (χ1) is 11.0. The molecule has 0 radical (unpaired) electrons. The Morgan fingerprint density at radius 1 is 0.870 bits per heavy atom. The second kappa shape index (κ2) is 7.58. The Morgan fingerprint density at radius 3 is 2.22 bits per heavy atom. The molecule has 0 aromatic heterocycles. The molecule has 0 aliphatic carbocycles. The monoisotopic (exact) mass is 302 g/mol. The molecule has 1 atom stereocenters. The van der Waals surface area contributed by atoms with Crippen LogP contribution in [0.25, 0.3) is 0 Å². The van der Waals surface area contributed by atoms with Crippen molar-refractivity contribution >= 4 is 17.4 Å². The summed E-state index contributed by atoms with van der Waals surface area (Å²) in [5, 5.41) is 0. The van der Waals surface area contributed by atoms with E-state index in [0.29, 0.717) is 0 Å². The highest BCUT2D eigenvalue weighted by molar-refractivity contribution is 5.61. The molecule has 0 bridgehead atoms. The third-order valence-electron chi connectivity index (χ3n) is 3.17. The Labute approximate surface area is 139 Å². The molecule has 2 aromatic carbocycles. The first-order valence-corrected chi connectivity index (χ1v) is 7.79. The SMILES string of the molecule is CC(C#CC(C)(C)C)c1ccccc1N=C=Nc1ccccc1. The maximum absolute atomic E-state index is 4.38. The summed E-state index contributed by atoms with van der Waals surface area (Å²) in [5.74, 6) is 6.73. The zero-order valence-electron chi connectivity index (χ0n) is 14.2. The van der Waals surface area contributed by atoms with E-state index in [2.05, 4.69) is 61.6 Å². The first-order valence-electron chi connectivity index (χ1n) is 7.79. The summed E-state index contributed by atoms with van der Waals surface area (Å²) >= 11 is 0. The molecule has 2 aromatic rings. The molecule has 1 unspecified atom stereocenters. The number of hydrogen-bond donors (Lipinski definition) is 0. The van der Waals surface area contributed by atoms with Crippen LogP contribution in [-0.4, -0.2) is 6.01 Å². The molecule has 0 heterocycles. The molecule has 0 saturated carbocycles. The third kappa shape index (κ3) is 5.58. The van der Waals surface area contributed by atoms with E-state index in [4.69, 9.17) is 0 Å². The first kappa shape index (κ1) is 16.7. The lowest BCUT2D eigenvalue weighted by atomic mass is 9.94. The van der Waals surface area contributed by atoms with E-state index in [1.165, 1.54) is 0 Å². The summed E-state index contributed by atoms with van der Waals surface area (Å²) in [7, 11) is 0. The van der Waals surface area contributed by atoms with E-state index in [9.17, 15) is 0 Å². The van der Waals surface area contributed by atoms with Gasteiger partial charge in [-0.15, -0.1) is 0 Å². The van der Waals surface area contributed by atoms with Gasteiger partial charge in [0.05, 0.1) is 11.4 Å². The van der Waals surface area contributed by atoms with Crippen molar-refractivity contribution in [3.8, 4) is 11.8 Å². The molecule has 116 valence electrons. The van der Waals surface area contributed by atoms with Crippen LogP contribution in [0.2, 0.25) is 0 Å². The summed E-state index contributed by atoms with van der Waals surface area (Å²) in [6.45, 7) is 8.44. The Hall–Kier alpha value is -2.62. The highest BCUT2D eigenvalue weighted by atomic mass is 14.8. The second-order valence-electron chi connectivity index (χ2n) is 6.46. The van der Waals surface area contributed by atoms with E-state index in [0.717, 1.165) is 16.9 Å². The van der Waals surface area contributed by atoms with Crippen LogP contribution in [-0.2, 0) is 0 Å². The molecular formula is C21H22N2. The quantitative estimate of drug-likeness (QED) is 0.492. The summed E-state index contributed by atoms with van der Waals surface area (Å²) in [4.78, 5) is 8.62. The van der Waals surface area contributed by atoms with Crippen molar-refractivity contribution in [2.24, 2.45) is 15.4 Å². The Bertz CT molecular complexity index is 765. The molecule has 0 aliphatic heterocycles. The van der Waals surface area contributed by atoms with Crippen molar-refractivity contribution in [3.63, 3.8) is 0 Å². The lowest BCUT2D eigenvalue weighted by Crippen LogP contribution is -2.01. The maximum Gasteiger partial charge on any atom is 0.100 e. The average Bonchev–Trinajstić information content (AvgIpc) is 2.53. The fraction of sp³-hybridized carbons (Fsp3) is 0.286. The van der Waals surface area contributed by atoms with Crippen molar-refractivity contribution in [1.29, 1.82) is 0 Å². The van der Waals surface area contributed by atoms with Gasteiger partial charge in [0.15, 0.2) is 0 Å². The molecule has 23 heavy (non-hydrogen) atoms. The lowest BCUT2D eigenvalue weighted by molar-refractivity contribution is 0.569. The van der Waals surface area contributed by atoms with Crippen LogP contribution >= 0.6 is 0 Å². The van der Waals surface area contributed by atoms with Gasteiger partial charge in [0.2, 0.25) is 0 Å². The van der Waals surface area contributed by atoms with Gasteiger partial charge in [-0.3, -0.25) is 0 Å². The van der Waals surface area contributed by atoms with Crippen molar-refractivity contribution < 1.29 is 0 Å². The maximum atomic E-state index is 4.38. The molecule has 0 saturated heterocycles. The molecule has 2 nitrogen and oxygen atoms in total. The molecule has 0 aliphatic rings. The van der Waals surface area contributed by atoms with Crippen molar-refractivity contribution in [2.45, 2.75) is 33.6 Å². The van der Waals surface area contributed by atoms with Gasteiger partial charge >= 0.3 is 0 Å². The number of nitrogens with zero attached hydrogens (tertiary/aromatic N) is 2. The van der Waals surface area contributed by atoms with E-state index < -0.39 is 0 Å². The molecule has 2 heteroatoms. The summed E-state index contributed by atoms with van der Waals surface area (Å²) in [6.07, 6.45) is 0. The van der Waals surface area contributed by atoms with E-state index in [1.807, 2.05) is 48.5 Å². The minimum absolute atomic E-state index is 0.00123. The van der Waals surface area contributed by atoms with Gasteiger partial charge in [0.1, 0.15) is 6.01 Å². The van der Waals surface area contributed by atoms with Gasteiger partial charge in [-0.25, -0.2) is 0 Å². The van der Waals surface area contributed by atoms with Gasteiger partial charge in [-0.2, -0.15) is 9.98 Å². The van der Waals surface area contributed by atoms with Gasteiger partial charge in [-0.05, 0) is 51.5 Å². The molecule has 0 amide bonds. The van der Waals surface area contributed by atoms with E-state index >= 15 is 0 Å². The van der Waals surface area contributed by atoms with Gasteiger partial charge in [0.25, 0.3) is 0 Å². The number of hydrogen-bond acceptors (Lipinski definition) is 2. The molecule has 0 fully saturated rings. The van der Waals surface area contributed by atoms with E-state index in [1.54, 1.807) is 0 Å². The van der Waals surface area contributed by atoms with Crippen LogP contribution < -0.4 is 0 Å². The fourth-order valence-electron chi connectivity index (χ4n) is 2.00. The van der Waals surface area contributed by atoms with Gasteiger partial charge < -0.3 is 0 Å². The van der Waals surface area contributed by atoms with Crippen molar-refractivity contribution in [1.82, 2.24) is 0 Å². The predicted octanol–water partition coefficient (Wildman–Crippen LogP) is 5.98. The zero-order chi connectivity index (χ0) is 16.7. The summed E-state index contributed by atoms with van der Waals surface area (Å²) in [5.41, 5.74) is 2.80. The van der Waals surface area contributed by atoms with Crippen LogP contribution in [0.3, 0.4) is 0 Å². The highest BCUT2D eigenvalue weighted by Crippen LogP contribution is 2.26. The number of benzene rings is 2. The van der Waals surface area contributed by atoms with Crippen LogP contribution in [0.15, 0.2) is 64.6 Å².